The fraction of sp³-hybridized carbons (Fsp3) is 0.750. The molecule has 0 aromatic carbocycles. The van der Waals surface area contributed by atoms with Crippen molar-refractivity contribution < 1.29 is 37.7 Å². The Balaban J connectivity index is 1.63. The van der Waals surface area contributed by atoms with Gasteiger partial charge in [-0.15, -0.1) is 5.10 Å². The first-order valence-electron chi connectivity index (χ1n) is 11.8. The van der Waals surface area contributed by atoms with Gasteiger partial charge in [-0.1, -0.05) is 31.4 Å². The monoisotopic (exact) mass is 533 g/mol. The van der Waals surface area contributed by atoms with Crippen LogP contribution in [0, 0.1) is 0 Å². The highest BCUT2D eigenvalue weighted by molar-refractivity contribution is 7.97. The van der Waals surface area contributed by atoms with Crippen molar-refractivity contribution in [3.63, 3.8) is 0 Å². The third-order valence-electron chi connectivity index (χ3n) is 6.35. The lowest BCUT2D eigenvalue weighted by Crippen LogP contribution is -2.36. The van der Waals surface area contributed by atoms with E-state index in [-0.39, 0.29) is 0 Å². The molecular formula is C20H32N5O8PS. The maximum atomic E-state index is 12.2. The molecule has 4 rings (SSSR count). The largest absolute Gasteiger partial charge is 0.387 e. The van der Waals surface area contributed by atoms with Crippen LogP contribution in [0.4, 0.5) is 5.69 Å². The predicted octanol–water partition coefficient (Wildman–Crippen LogP) is 0.693. The Morgan fingerprint density at radius 3 is 2.60 bits per heavy atom. The molecule has 2 aromatic rings. The average molecular weight is 534 g/mol. The number of unbranched alkanes of at least 4 members (excludes halogenated alkanes) is 1. The highest BCUT2D eigenvalue weighted by Crippen LogP contribution is 2.38. The van der Waals surface area contributed by atoms with Crippen LogP contribution < -0.4 is 5.32 Å². The standard InChI is InChI=1S/C20H32N5O8PS/c1-2-3-6-13-9-14(21-12-7-4-5-8-12)16-19(22-13)25(24-23-16)20-18(27)17(26)15(33-20)10-35(31,32)11-34(28,29)30/h9,12,15,17-18,20,26-27H,2-8,10-11H2,1H3,(H,21,22)(H2,28,29,30)/t15-,17-,18-,20-/m1/s1. The second kappa shape index (κ2) is 10.4. The Hall–Kier alpha value is -1.67. The van der Waals surface area contributed by atoms with Crippen molar-refractivity contribution >= 4 is 34.3 Å². The van der Waals surface area contributed by atoms with E-state index in [0.29, 0.717) is 17.2 Å². The molecule has 1 saturated carbocycles. The molecular weight excluding hydrogens is 501 g/mol. The smallest absolute Gasteiger partial charge is 0.340 e. The van der Waals surface area contributed by atoms with Crippen molar-refractivity contribution in [2.24, 2.45) is 0 Å². The van der Waals surface area contributed by atoms with Gasteiger partial charge in [0.2, 0.25) is 0 Å². The number of aliphatic hydroxyl groups excluding tert-OH is 2. The summed E-state index contributed by atoms with van der Waals surface area (Å²) in [6.45, 7) is 2.08. The number of aryl methyl sites for hydroxylation is 1. The molecule has 196 valence electrons. The van der Waals surface area contributed by atoms with Crippen LogP contribution in [-0.4, -0.2) is 84.0 Å². The van der Waals surface area contributed by atoms with Crippen molar-refractivity contribution in [2.45, 2.75) is 82.5 Å². The molecule has 0 unspecified atom stereocenters. The Labute approximate surface area is 203 Å². The molecule has 0 spiro atoms. The van der Waals surface area contributed by atoms with Crippen LogP contribution in [0.25, 0.3) is 11.2 Å². The van der Waals surface area contributed by atoms with Crippen molar-refractivity contribution in [3.05, 3.63) is 11.8 Å². The second-order valence-corrected chi connectivity index (χ2v) is 13.5. The van der Waals surface area contributed by atoms with Gasteiger partial charge in [-0.2, -0.15) is 4.68 Å². The van der Waals surface area contributed by atoms with E-state index in [1.165, 1.54) is 4.68 Å². The fourth-order valence-electron chi connectivity index (χ4n) is 4.66. The first-order chi connectivity index (χ1) is 16.5. The Morgan fingerprint density at radius 1 is 1.23 bits per heavy atom. The van der Waals surface area contributed by atoms with Crippen LogP contribution in [0.3, 0.4) is 0 Å². The highest BCUT2D eigenvalue weighted by atomic mass is 32.2. The van der Waals surface area contributed by atoms with Gasteiger partial charge in [0.05, 0.1) is 11.4 Å². The molecule has 2 aliphatic rings. The average Bonchev–Trinajstić information content (AvgIpc) is 3.47. The van der Waals surface area contributed by atoms with Crippen molar-refractivity contribution in [1.29, 1.82) is 0 Å². The predicted molar refractivity (Wildman–Crippen MR) is 126 cm³/mol. The van der Waals surface area contributed by atoms with Gasteiger partial charge in [0.15, 0.2) is 32.7 Å². The van der Waals surface area contributed by atoms with Crippen molar-refractivity contribution in [1.82, 2.24) is 20.0 Å². The molecule has 0 amide bonds. The number of sulfone groups is 1. The maximum absolute atomic E-state index is 12.2. The first-order valence-corrected chi connectivity index (χ1v) is 15.4. The number of fused-ring (bicyclic) bond motifs is 1. The van der Waals surface area contributed by atoms with Gasteiger partial charge in [0, 0.05) is 11.7 Å². The van der Waals surface area contributed by atoms with Gasteiger partial charge in [0.25, 0.3) is 0 Å². The number of pyridine rings is 1. The van der Waals surface area contributed by atoms with E-state index in [4.69, 9.17) is 14.5 Å². The fourth-order valence-corrected chi connectivity index (χ4v) is 7.90. The lowest BCUT2D eigenvalue weighted by atomic mass is 10.1. The van der Waals surface area contributed by atoms with Crippen LogP contribution in [0.15, 0.2) is 6.07 Å². The summed E-state index contributed by atoms with van der Waals surface area (Å²) in [4.78, 5) is 22.7. The number of nitrogens with one attached hydrogen (secondary N) is 1. The molecule has 4 atom stereocenters. The summed E-state index contributed by atoms with van der Waals surface area (Å²) in [6.07, 6.45) is 1.13. The normalized spacial score (nSPS) is 26.1. The van der Waals surface area contributed by atoms with E-state index >= 15 is 0 Å². The van der Waals surface area contributed by atoms with E-state index in [1.54, 1.807) is 0 Å². The minimum absolute atomic E-state index is 0.309. The minimum atomic E-state index is -4.84. The molecule has 5 N–H and O–H groups in total. The summed E-state index contributed by atoms with van der Waals surface area (Å²) in [5.41, 5.74) is 0.998. The molecule has 1 aliphatic carbocycles. The number of hydrogen-bond acceptors (Lipinski definition) is 10. The molecule has 3 heterocycles. The van der Waals surface area contributed by atoms with Crippen LogP contribution in [0.1, 0.15) is 57.4 Å². The third-order valence-corrected chi connectivity index (χ3v) is 10.1. The molecule has 0 bridgehead atoms. The lowest BCUT2D eigenvalue weighted by Gasteiger charge is -2.17. The van der Waals surface area contributed by atoms with Gasteiger partial charge in [-0.3, -0.25) is 4.57 Å². The summed E-state index contributed by atoms with van der Waals surface area (Å²) < 4.78 is 42.4. The third kappa shape index (κ3) is 6.19. The Kier molecular flexibility index (Phi) is 7.82. The van der Waals surface area contributed by atoms with Gasteiger partial charge >= 0.3 is 7.60 Å². The zero-order valence-corrected chi connectivity index (χ0v) is 21.1. The molecule has 2 aromatic heterocycles. The topological polar surface area (TPSA) is 197 Å². The van der Waals surface area contributed by atoms with Crippen LogP contribution >= 0.6 is 7.60 Å². The SMILES string of the molecule is CCCCc1cc(NC2CCCC2)c2nnn([C@@H]3O[C@H](CS(=O)(=O)CP(=O)(O)O)[C@@H](O)[C@H]3O)c2n1. The number of rotatable bonds is 10. The summed E-state index contributed by atoms with van der Waals surface area (Å²) in [6, 6.07) is 2.26. The minimum Gasteiger partial charge on any atom is -0.387 e. The van der Waals surface area contributed by atoms with Gasteiger partial charge < -0.3 is 30.1 Å². The van der Waals surface area contributed by atoms with E-state index in [0.717, 1.165) is 56.3 Å². The van der Waals surface area contributed by atoms with Gasteiger partial charge in [-0.05, 0) is 31.7 Å². The summed E-state index contributed by atoms with van der Waals surface area (Å²) >= 11 is 0. The molecule has 35 heavy (non-hydrogen) atoms. The molecule has 1 aliphatic heterocycles. The first kappa shape index (κ1) is 26.4. The van der Waals surface area contributed by atoms with Crippen LogP contribution in [0.2, 0.25) is 0 Å². The molecule has 1 saturated heterocycles. The van der Waals surface area contributed by atoms with E-state index in [1.807, 2.05) is 6.07 Å². The number of hydrogen-bond donors (Lipinski definition) is 5. The van der Waals surface area contributed by atoms with Crippen molar-refractivity contribution in [2.75, 3.05) is 16.6 Å². The van der Waals surface area contributed by atoms with E-state index in [9.17, 15) is 23.2 Å². The number of aromatic nitrogens is 4. The number of anilines is 1. The zero-order chi connectivity index (χ0) is 25.4. The second-order valence-electron chi connectivity index (χ2n) is 9.35. The summed E-state index contributed by atoms with van der Waals surface area (Å²) in [5, 5.41) is 32.9. The summed E-state index contributed by atoms with van der Waals surface area (Å²) in [5.74, 6) is -0.872. The maximum Gasteiger partial charge on any atom is 0.340 e. The highest BCUT2D eigenvalue weighted by Gasteiger charge is 2.47. The quantitative estimate of drug-likeness (QED) is 0.268. The molecule has 2 fully saturated rings. The Bertz CT molecular complexity index is 1200. The zero-order valence-electron chi connectivity index (χ0n) is 19.4. The van der Waals surface area contributed by atoms with Gasteiger partial charge in [-0.25, -0.2) is 13.4 Å². The van der Waals surface area contributed by atoms with Crippen LogP contribution in [0.5, 0.6) is 0 Å². The van der Waals surface area contributed by atoms with Crippen molar-refractivity contribution in [3.8, 4) is 0 Å². The Morgan fingerprint density at radius 2 is 1.94 bits per heavy atom. The van der Waals surface area contributed by atoms with E-state index < -0.39 is 53.2 Å². The van der Waals surface area contributed by atoms with E-state index in [2.05, 4.69) is 27.5 Å². The number of nitrogens with zero attached hydrogens (tertiary/aromatic N) is 4. The molecule has 15 heteroatoms. The summed E-state index contributed by atoms with van der Waals surface area (Å²) in [7, 11) is -9.12. The number of aliphatic hydroxyl groups is 2. The lowest BCUT2D eigenvalue weighted by molar-refractivity contribution is -0.0375. The number of ether oxygens (including phenoxy) is 1. The van der Waals surface area contributed by atoms with Crippen LogP contribution in [-0.2, 0) is 25.6 Å². The van der Waals surface area contributed by atoms with Gasteiger partial charge in [0.1, 0.15) is 18.3 Å². The molecule has 13 nitrogen and oxygen atoms in total. The molecule has 0 radical (unpaired) electrons.